The van der Waals surface area contributed by atoms with E-state index in [4.69, 9.17) is 0 Å². The van der Waals surface area contributed by atoms with Gasteiger partial charge in [-0.1, -0.05) is 13.8 Å². The molecule has 3 heteroatoms. The second-order valence-corrected chi connectivity index (χ2v) is 3.46. The molecule has 0 saturated carbocycles. The maximum atomic E-state index is 11.2. The molecule has 0 aromatic heterocycles. The Labute approximate surface area is 83.3 Å². The van der Waals surface area contributed by atoms with E-state index in [1.54, 1.807) is 12.1 Å². The molecule has 0 bridgehead atoms. The summed E-state index contributed by atoms with van der Waals surface area (Å²) in [5.74, 6) is -0.0649. The van der Waals surface area contributed by atoms with Gasteiger partial charge in [0.15, 0.2) is 0 Å². The number of phenolic OH excluding ortho intramolecular Hbond substituents is 1. The van der Waals surface area contributed by atoms with Crippen molar-refractivity contribution in [2.75, 3.05) is 7.11 Å². The van der Waals surface area contributed by atoms with Gasteiger partial charge in [-0.25, -0.2) is 4.79 Å². The second kappa shape index (κ2) is 4.13. The van der Waals surface area contributed by atoms with Gasteiger partial charge in [-0.15, -0.1) is 0 Å². The lowest BCUT2D eigenvalue weighted by molar-refractivity contribution is 0.0600. The van der Waals surface area contributed by atoms with Crippen LogP contribution in [0.1, 0.15) is 35.7 Å². The summed E-state index contributed by atoms with van der Waals surface area (Å²) in [6.07, 6.45) is 0. The van der Waals surface area contributed by atoms with Crippen molar-refractivity contribution < 1.29 is 14.6 Å². The van der Waals surface area contributed by atoms with Crippen molar-refractivity contribution in [1.82, 2.24) is 0 Å². The molecule has 0 heterocycles. The molecule has 0 aliphatic heterocycles. The Morgan fingerprint density at radius 1 is 1.36 bits per heavy atom. The van der Waals surface area contributed by atoms with Crippen molar-refractivity contribution in [2.24, 2.45) is 0 Å². The van der Waals surface area contributed by atoms with Gasteiger partial charge in [0, 0.05) is 0 Å². The molecule has 0 spiro atoms. The molecule has 1 N–H and O–H groups in total. The fourth-order valence-electron chi connectivity index (χ4n) is 1.20. The summed E-state index contributed by atoms with van der Waals surface area (Å²) in [7, 11) is 1.32. The van der Waals surface area contributed by atoms with E-state index in [0.29, 0.717) is 5.56 Å². The molecule has 3 nitrogen and oxygen atoms in total. The fourth-order valence-corrected chi connectivity index (χ4v) is 1.20. The number of hydrogen-bond donors (Lipinski definition) is 1. The number of phenols is 1. The number of rotatable bonds is 2. The predicted molar refractivity (Wildman–Crippen MR) is 53.5 cm³/mol. The minimum atomic E-state index is -0.428. The van der Waals surface area contributed by atoms with E-state index < -0.39 is 5.97 Å². The average Bonchev–Trinajstić information content (AvgIpc) is 2.15. The lowest BCUT2D eigenvalue weighted by Crippen LogP contribution is -2.02. The molecule has 14 heavy (non-hydrogen) atoms. The molecule has 1 rings (SSSR count). The summed E-state index contributed by atoms with van der Waals surface area (Å²) in [6.45, 7) is 3.99. The van der Waals surface area contributed by atoms with Gasteiger partial charge >= 0.3 is 5.97 Å². The molecular weight excluding hydrogens is 180 g/mol. The third-order valence-electron chi connectivity index (χ3n) is 2.03. The van der Waals surface area contributed by atoms with E-state index >= 15 is 0 Å². The van der Waals surface area contributed by atoms with E-state index in [1.807, 2.05) is 13.8 Å². The fraction of sp³-hybridized carbons (Fsp3) is 0.364. The molecule has 1 aromatic rings. The molecule has 0 amide bonds. The van der Waals surface area contributed by atoms with Crippen LogP contribution in [0.15, 0.2) is 18.2 Å². The molecule has 0 aliphatic rings. The van der Waals surface area contributed by atoms with Crippen LogP contribution in [0.25, 0.3) is 0 Å². The van der Waals surface area contributed by atoms with Gasteiger partial charge in [0.05, 0.1) is 12.7 Å². The summed E-state index contributed by atoms with van der Waals surface area (Å²) in [6, 6.07) is 4.78. The van der Waals surface area contributed by atoms with Crippen LogP contribution < -0.4 is 0 Å². The highest BCUT2D eigenvalue weighted by Gasteiger charge is 2.09. The van der Waals surface area contributed by atoms with Gasteiger partial charge in [0.1, 0.15) is 5.75 Å². The summed E-state index contributed by atoms with van der Waals surface area (Å²) < 4.78 is 4.58. The smallest absolute Gasteiger partial charge is 0.337 e. The van der Waals surface area contributed by atoms with Crippen molar-refractivity contribution in [3.63, 3.8) is 0 Å². The molecule has 0 aliphatic carbocycles. The zero-order chi connectivity index (χ0) is 10.7. The largest absolute Gasteiger partial charge is 0.508 e. The van der Waals surface area contributed by atoms with Gasteiger partial charge in [0.2, 0.25) is 0 Å². The van der Waals surface area contributed by atoms with Crippen LogP contribution in [-0.2, 0) is 4.74 Å². The maximum absolute atomic E-state index is 11.2. The number of ether oxygens (including phenoxy) is 1. The van der Waals surface area contributed by atoms with Crippen LogP contribution in [0.2, 0.25) is 0 Å². The van der Waals surface area contributed by atoms with Gasteiger partial charge in [-0.2, -0.15) is 0 Å². The van der Waals surface area contributed by atoms with Crippen molar-refractivity contribution >= 4 is 5.97 Å². The normalized spacial score (nSPS) is 10.3. The average molecular weight is 194 g/mol. The van der Waals surface area contributed by atoms with Crippen LogP contribution in [-0.4, -0.2) is 18.2 Å². The van der Waals surface area contributed by atoms with Crippen LogP contribution in [0.3, 0.4) is 0 Å². The van der Waals surface area contributed by atoms with Crippen LogP contribution in [0.4, 0.5) is 0 Å². The molecule has 0 radical (unpaired) electrons. The Hall–Kier alpha value is -1.51. The zero-order valence-corrected chi connectivity index (χ0v) is 8.57. The molecule has 0 atom stereocenters. The zero-order valence-electron chi connectivity index (χ0n) is 8.57. The number of methoxy groups -OCH3 is 1. The van der Waals surface area contributed by atoms with Gasteiger partial charge in [0.25, 0.3) is 0 Å². The van der Waals surface area contributed by atoms with Crippen molar-refractivity contribution in [3.8, 4) is 5.75 Å². The Kier molecular flexibility index (Phi) is 3.12. The van der Waals surface area contributed by atoms with Crippen molar-refractivity contribution in [3.05, 3.63) is 29.3 Å². The van der Waals surface area contributed by atoms with E-state index in [-0.39, 0.29) is 11.7 Å². The van der Waals surface area contributed by atoms with Gasteiger partial charge < -0.3 is 9.84 Å². The first-order valence-electron chi connectivity index (χ1n) is 4.47. The molecular formula is C11H14O3. The third-order valence-corrected chi connectivity index (χ3v) is 2.03. The molecule has 0 unspecified atom stereocenters. The van der Waals surface area contributed by atoms with Crippen LogP contribution in [0, 0.1) is 0 Å². The quantitative estimate of drug-likeness (QED) is 0.735. The topological polar surface area (TPSA) is 46.5 Å². The monoisotopic (exact) mass is 194 g/mol. The summed E-state index contributed by atoms with van der Waals surface area (Å²) in [5, 5.41) is 9.38. The molecule has 0 saturated heterocycles. The molecule has 1 aromatic carbocycles. The Balaban J connectivity index is 3.13. The minimum absolute atomic E-state index is 0.0941. The standard InChI is InChI=1S/C11H14O3/c1-7(2)8-4-9(11(13)14-3)6-10(12)5-8/h4-7,12H,1-3H3. The number of hydrogen-bond acceptors (Lipinski definition) is 3. The van der Waals surface area contributed by atoms with Gasteiger partial charge in [-0.3, -0.25) is 0 Å². The molecule has 76 valence electrons. The van der Waals surface area contributed by atoms with Crippen LogP contribution in [0.5, 0.6) is 5.75 Å². The first kappa shape index (κ1) is 10.6. The van der Waals surface area contributed by atoms with Crippen molar-refractivity contribution in [2.45, 2.75) is 19.8 Å². The first-order valence-corrected chi connectivity index (χ1v) is 4.47. The number of carbonyl (C=O) groups is 1. The highest BCUT2D eigenvalue weighted by molar-refractivity contribution is 5.90. The van der Waals surface area contributed by atoms with E-state index in [9.17, 15) is 9.90 Å². The van der Waals surface area contributed by atoms with E-state index in [1.165, 1.54) is 13.2 Å². The summed E-state index contributed by atoms with van der Waals surface area (Å²) in [5.41, 5.74) is 1.31. The number of benzene rings is 1. The van der Waals surface area contributed by atoms with Gasteiger partial charge in [-0.05, 0) is 29.7 Å². The Morgan fingerprint density at radius 2 is 2.00 bits per heavy atom. The maximum Gasteiger partial charge on any atom is 0.337 e. The Bertz CT molecular complexity index is 342. The first-order chi connectivity index (χ1) is 6.54. The van der Waals surface area contributed by atoms with Crippen LogP contribution >= 0.6 is 0 Å². The Morgan fingerprint density at radius 3 is 2.50 bits per heavy atom. The van der Waals surface area contributed by atoms with E-state index in [0.717, 1.165) is 5.56 Å². The second-order valence-electron chi connectivity index (χ2n) is 3.46. The predicted octanol–water partition coefficient (Wildman–Crippen LogP) is 2.30. The highest BCUT2D eigenvalue weighted by atomic mass is 16.5. The minimum Gasteiger partial charge on any atom is -0.508 e. The molecule has 0 fully saturated rings. The lowest BCUT2D eigenvalue weighted by Gasteiger charge is -2.08. The van der Waals surface area contributed by atoms with E-state index in [2.05, 4.69) is 4.74 Å². The SMILES string of the molecule is COC(=O)c1cc(O)cc(C(C)C)c1. The third kappa shape index (κ3) is 2.25. The summed E-state index contributed by atoms with van der Waals surface area (Å²) >= 11 is 0. The number of esters is 1. The highest BCUT2D eigenvalue weighted by Crippen LogP contribution is 2.22. The number of aromatic hydroxyl groups is 1. The van der Waals surface area contributed by atoms with Crippen molar-refractivity contribution in [1.29, 1.82) is 0 Å². The lowest BCUT2D eigenvalue weighted by atomic mass is 10.0. The summed E-state index contributed by atoms with van der Waals surface area (Å²) in [4.78, 5) is 11.2. The number of carbonyl (C=O) groups excluding carboxylic acids is 1.